The fourth-order valence-corrected chi connectivity index (χ4v) is 3.65. The highest BCUT2D eigenvalue weighted by Gasteiger charge is 2.20. The second kappa shape index (κ2) is 9.91. The minimum atomic E-state index is 0.0000236. The minimum Gasteiger partial charge on any atom is -0.356 e. The summed E-state index contributed by atoms with van der Waals surface area (Å²) in [6.45, 7) is 5.09. The molecule has 1 saturated heterocycles. The Bertz CT molecular complexity index is 726. The summed E-state index contributed by atoms with van der Waals surface area (Å²) in [7, 11) is 1.81. The first-order chi connectivity index (χ1) is 13.3. The number of pyridine rings is 1. The summed E-state index contributed by atoms with van der Waals surface area (Å²) in [5.74, 6) is 1.95. The molecular weight excluding hydrogens is 360 g/mol. The Morgan fingerprint density at radius 1 is 1.15 bits per heavy atom. The zero-order valence-electron chi connectivity index (χ0n) is 15.6. The summed E-state index contributed by atoms with van der Waals surface area (Å²) in [4.78, 5) is 26.0. The summed E-state index contributed by atoms with van der Waals surface area (Å²) in [6, 6.07) is 9.73. The van der Waals surface area contributed by atoms with Crippen LogP contribution in [0.4, 0.5) is 5.82 Å². The fraction of sp³-hybridized carbons (Fsp3) is 0.421. The monoisotopic (exact) mass is 386 g/mol. The van der Waals surface area contributed by atoms with E-state index in [1.54, 1.807) is 0 Å². The van der Waals surface area contributed by atoms with Gasteiger partial charge in [-0.2, -0.15) is 0 Å². The highest BCUT2D eigenvalue weighted by Crippen LogP contribution is 2.12. The standard InChI is InChI=1S/C19H26N6OS/c1-20-19(23-10-5-9-22-18(26)16-6-4-15-27-16)25-13-11-24(12-14-25)17-7-2-3-8-21-17/h2-4,6-8,15H,5,9-14H2,1H3,(H,20,23)(H,22,26). The van der Waals surface area contributed by atoms with Crippen molar-refractivity contribution in [3.63, 3.8) is 0 Å². The van der Waals surface area contributed by atoms with E-state index in [1.807, 2.05) is 49.0 Å². The van der Waals surface area contributed by atoms with E-state index in [-0.39, 0.29) is 5.91 Å². The van der Waals surface area contributed by atoms with Crippen LogP contribution in [0.15, 0.2) is 46.9 Å². The van der Waals surface area contributed by atoms with E-state index >= 15 is 0 Å². The van der Waals surface area contributed by atoms with Crippen LogP contribution < -0.4 is 15.5 Å². The third-order valence-electron chi connectivity index (χ3n) is 4.43. The quantitative estimate of drug-likeness (QED) is 0.449. The summed E-state index contributed by atoms with van der Waals surface area (Å²) >= 11 is 1.46. The van der Waals surface area contributed by atoms with Crippen LogP contribution in [0.1, 0.15) is 16.1 Å². The van der Waals surface area contributed by atoms with Crippen molar-refractivity contribution in [3.05, 3.63) is 46.8 Å². The molecule has 2 N–H and O–H groups in total. The first kappa shape index (κ1) is 19.2. The first-order valence-electron chi connectivity index (χ1n) is 9.21. The number of carbonyl (C=O) groups is 1. The zero-order valence-corrected chi connectivity index (χ0v) is 16.4. The molecule has 3 rings (SSSR count). The lowest BCUT2D eigenvalue weighted by molar-refractivity contribution is 0.0957. The Hall–Kier alpha value is -2.61. The van der Waals surface area contributed by atoms with Crippen molar-refractivity contribution < 1.29 is 4.79 Å². The van der Waals surface area contributed by atoms with Crippen molar-refractivity contribution in [3.8, 4) is 0 Å². The summed E-state index contributed by atoms with van der Waals surface area (Å²) in [5.41, 5.74) is 0. The van der Waals surface area contributed by atoms with Crippen molar-refractivity contribution in [2.45, 2.75) is 6.42 Å². The average molecular weight is 387 g/mol. The van der Waals surface area contributed by atoms with Crippen LogP contribution in [-0.2, 0) is 0 Å². The van der Waals surface area contributed by atoms with Gasteiger partial charge in [0.25, 0.3) is 5.91 Å². The molecule has 2 aromatic rings. The van der Waals surface area contributed by atoms with E-state index in [2.05, 4.69) is 30.4 Å². The van der Waals surface area contributed by atoms with Crippen LogP contribution in [0.2, 0.25) is 0 Å². The van der Waals surface area contributed by atoms with E-state index in [9.17, 15) is 4.79 Å². The molecule has 0 aromatic carbocycles. The van der Waals surface area contributed by atoms with Crippen molar-refractivity contribution >= 4 is 29.0 Å². The van der Waals surface area contributed by atoms with Crippen LogP contribution in [0.3, 0.4) is 0 Å². The molecule has 8 heteroatoms. The van der Waals surface area contributed by atoms with E-state index in [0.717, 1.165) is 55.8 Å². The van der Waals surface area contributed by atoms with Gasteiger partial charge in [0.2, 0.25) is 0 Å². The highest BCUT2D eigenvalue weighted by atomic mass is 32.1. The molecule has 1 aliphatic rings. The van der Waals surface area contributed by atoms with Gasteiger partial charge < -0.3 is 20.4 Å². The summed E-state index contributed by atoms with van der Waals surface area (Å²) in [6.07, 6.45) is 2.68. The molecule has 0 spiro atoms. The van der Waals surface area contributed by atoms with Crippen LogP contribution in [-0.4, -0.2) is 68.1 Å². The molecule has 0 bridgehead atoms. The van der Waals surface area contributed by atoms with Gasteiger partial charge in [0, 0.05) is 52.5 Å². The molecule has 0 atom stereocenters. The minimum absolute atomic E-state index is 0.0000236. The Balaban J connectivity index is 1.35. The number of hydrogen-bond donors (Lipinski definition) is 2. The third-order valence-corrected chi connectivity index (χ3v) is 5.30. The SMILES string of the molecule is CN=C(NCCCNC(=O)c1cccs1)N1CCN(c2ccccn2)CC1. The molecule has 0 radical (unpaired) electrons. The lowest BCUT2D eigenvalue weighted by Crippen LogP contribution is -2.53. The number of aromatic nitrogens is 1. The first-order valence-corrected chi connectivity index (χ1v) is 10.1. The molecule has 0 aliphatic carbocycles. The largest absolute Gasteiger partial charge is 0.356 e. The van der Waals surface area contributed by atoms with Crippen molar-refractivity contribution in [2.24, 2.45) is 4.99 Å². The second-order valence-electron chi connectivity index (χ2n) is 6.22. The molecule has 2 aromatic heterocycles. The van der Waals surface area contributed by atoms with E-state index in [4.69, 9.17) is 0 Å². The topological polar surface area (TPSA) is 72.9 Å². The molecule has 1 fully saturated rings. The number of aliphatic imine (C=N–C) groups is 1. The molecule has 27 heavy (non-hydrogen) atoms. The van der Waals surface area contributed by atoms with Crippen LogP contribution in [0.25, 0.3) is 0 Å². The number of amides is 1. The number of rotatable bonds is 6. The van der Waals surface area contributed by atoms with Gasteiger partial charge in [0.1, 0.15) is 5.82 Å². The maximum absolute atomic E-state index is 11.9. The lowest BCUT2D eigenvalue weighted by atomic mass is 10.3. The van der Waals surface area contributed by atoms with Crippen molar-refractivity contribution in [2.75, 3.05) is 51.2 Å². The van der Waals surface area contributed by atoms with Gasteiger partial charge in [-0.05, 0) is 30.0 Å². The fourth-order valence-electron chi connectivity index (χ4n) is 3.01. The van der Waals surface area contributed by atoms with Crippen LogP contribution in [0.5, 0.6) is 0 Å². The molecule has 1 amide bonds. The number of carbonyl (C=O) groups excluding carboxylic acids is 1. The smallest absolute Gasteiger partial charge is 0.261 e. The Morgan fingerprint density at radius 2 is 1.96 bits per heavy atom. The second-order valence-corrected chi connectivity index (χ2v) is 7.17. The van der Waals surface area contributed by atoms with Crippen molar-refractivity contribution in [1.29, 1.82) is 0 Å². The van der Waals surface area contributed by atoms with Gasteiger partial charge in [-0.3, -0.25) is 9.79 Å². The molecule has 7 nitrogen and oxygen atoms in total. The normalized spacial score (nSPS) is 14.9. The highest BCUT2D eigenvalue weighted by molar-refractivity contribution is 7.12. The van der Waals surface area contributed by atoms with E-state index in [1.165, 1.54) is 11.3 Å². The number of piperazine rings is 1. The van der Waals surface area contributed by atoms with Gasteiger partial charge in [-0.15, -0.1) is 11.3 Å². The Morgan fingerprint density at radius 3 is 2.63 bits per heavy atom. The van der Waals surface area contributed by atoms with Gasteiger partial charge >= 0.3 is 0 Å². The van der Waals surface area contributed by atoms with Crippen molar-refractivity contribution in [1.82, 2.24) is 20.5 Å². The van der Waals surface area contributed by atoms with Gasteiger partial charge in [-0.1, -0.05) is 12.1 Å². The zero-order chi connectivity index (χ0) is 18.9. The molecular formula is C19H26N6OS. The summed E-state index contributed by atoms with van der Waals surface area (Å²) in [5, 5.41) is 8.25. The predicted octanol–water partition coefficient (Wildman–Crippen LogP) is 1.66. The molecule has 1 aliphatic heterocycles. The number of hydrogen-bond acceptors (Lipinski definition) is 5. The van der Waals surface area contributed by atoms with Gasteiger partial charge in [0.05, 0.1) is 4.88 Å². The molecule has 3 heterocycles. The van der Waals surface area contributed by atoms with E-state index < -0.39 is 0 Å². The van der Waals surface area contributed by atoms with Gasteiger partial charge in [-0.25, -0.2) is 4.98 Å². The summed E-state index contributed by atoms with van der Waals surface area (Å²) < 4.78 is 0. The maximum Gasteiger partial charge on any atom is 0.261 e. The average Bonchev–Trinajstić information content (AvgIpc) is 3.26. The van der Waals surface area contributed by atoms with Gasteiger partial charge in [0.15, 0.2) is 5.96 Å². The third kappa shape index (κ3) is 5.43. The molecule has 144 valence electrons. The number of nitrogens with zero attached hydrogens (tertiary/aromatic N) is 4. The number of guanidine groups is 1. The Labute approximate surface area is 164 Å². The molecule has 0 unspecified atom stereocenters. The predicted molar refractivity (Wildman–Crippen MR) is 111 cm³/mol. The van der Waals surface area contributed by atoms with E-state index in [0.29, 0.717) is 6.54 Å². The number of nitrogens with one attached hydrogen (secondary N) is 2. The number of anilines is 1. The molecule has 0 saturated carbocycles. The van der Waals surface area contributed by atoms with Crippen LogP contribution >= 0.6 is 11.3 Å². The van der Waals surface area contributed by atoms with Crippen LogP contribution in [0, 0.1) is 0 Å². The number of thiophene rings is 1. The lowest BCUT2D eigenvalue weighted by Gasteiger charge is -2.37. The Kier molecular flexibility index (Phi) is 7.04. The maximum atomic E-state index is 11.9.